The monoisotopic (exact) mass is 284 g/mol. The number of carbonyl (C=O) groups excluding carboxylic acids is 1. The third-order valence-corrected chi connectivity index (χ3v) is 3.86. The predicted molar refractivity (Wildman–Crippen MR) is 82.9 cm³/mol. The molecule has 0 radical (unpaired) electrons. The van der Waals surface area contributed by atoms with Crippen LogP contribution in [0.5, 0.6) is 0 Å². The number of hydrogen-bond donors (Lipinski definition) is 1. The molecule has 0 spiro atoms. The predicted octanol–water partition coefficient (Wildman–Crippen LogP) is 3.41. The van der Waals surface area contributed by atoms with E-state index in [1.165, 1.54) is 25.7 Å². The molecular weight excluding hydrogens is 252 g/mol. The second-order valence-corrected chi connectivity index (χ2v) is 6.97. The van der Waals surface area contributed by atoms with Crippen LogP contribution >= 0.6 is 0 Å². The van der Waals surface area contributed by atoms with Crippen LogP contribution in [0.25, 0.3) is 0 Å². The lowest BCUT2D eigenvalue weighted by Crippen LogP contribution is -2.42. The van der Waals surface area contributed by atoms with E-state index in [0.717, 1.165) is 19.0 Å². The van der Waals surface area contributed by atoms with Crippen LogP contribution in [0.2, 0.25) is 0 Å². The van der Waals surface area contributed by atoms with Crippen molar-refractivity contribution in [3.63, 3.8) is 0 Å². The number of amides is 1. The topological polar surface area (TPSA) is 41.6 Å². The number of rotatable bonds is 5. The Kier molecular flexibility index (Phi) is 6.80. The first-order valence-electron chi connectivity index (χ1n) is 8.03. The third-order valence-electron chi connectivity index (χ3n) is 3.86. The number of hydrogen-bond acceptors (Lipinski definition) is 3. The molecule has 0 bridgehead atoms. The van der Waals surface area contributed by atoms with Crippen molar-refractivity contribution in [2.75, 3.05) is 19.6 Å². The van der Waals surface area contributed by atoms with E-state index in [9.17, 15) is 4.79 Å². The summed E-state index contributed by atoms with van der Waals surface area (Å²) in [6, 6.07) is 0.628. The van der Waals surface area contributed by atoms with Gasteiger partial charge in [-0.2, -0.15) is 0 Å². The van der Waals surface area contributed by atoms with Crippen molar-refractivity contribution in [2.24, 2.45) is 5.92 Å². The summed E-state index contributed by atoms with van der Waals surface area (Å²) in [7, 11) is 0. The highest BCUT2D eigenvalue weighted by molar-refractivity contribution is 5.68. The molecule has 1 saturated carbocycles. The molecule has 20 heavy (non-hydrogen) atoms. The summed E-state index contributed by atoms with van der Waals surface area (Å²) in [4.78, 5) is 13.8. The molecule has 118 valence electrons. The summed E-state index contributed by atoms with van der Waals surface area (Å²) in [6.07, 6.45) is 4.96. The number of likely N-dealkylation sites (N-methyl/N-ethyl adjacent to an activating group) is 1. The Hall–Kier alpha value is -0.770. The minimum Gasteiger partial charge on any atom is -0.444 e. The summed E-state index contributed by atoms with van der Waals surface area (Å²) in [5, 5.41) is 3.58. The molecule has 4 nitrogen and oxygen atoms in total. The van der Waals surface area contributed by atoms with Gasteiger partial charge < -0.3 is 15.0 Å². The van der Waals surface area contributed by atoms with E-state index in [0.29, 0.717) is 12.6 Å². The van der Waals surface area contributed by atoms with Gasteiger partial charge in [-0.25, -0.2) is 4.79 Å². The van der Waals surface area contributed by atoms with Gasteiger partial charge in [0.05, 0.1) is 0 Å². The normalized spacial score (nSPS) is 23.4. The maximum atomic E-state index is 12.0. The first kappa shape index (κ1) is 17.3. The smallest absolute Gasteiger partial charge is 0.410 e. The molecule has 1 aliphatic rings. The lowest BCUT2D eigenvalue weighted by atomic mass is 9.87. The van der Waals surface area contributed by atoms with Crippen molar-refractivity contribution in [1.82, 2.24) is 10.2 Å². The maximum absolute atomic E-state index is 12.0. The molecule has 1 aliphatic carbocycles. The quantitative estimate of drug-likeness (QED) is 0.841. The van der Waals surface area contributed by atoms with Crippen LogP contribution in [0.1, 0.15) is 60.3 Å². The van der Waals surface area contributed by atoms with Crippen LogP contribution in [-0.4, -0.2) is 42.3 Å². The molecule has 0 saturated heterocycles. The molecule has 1 rings (SSSR count). The summed E-state index contributed by atoms with van der Waals surface area (Å²) < 4.78 is 5.41. The fourth-order valence-electron chi connectivity index (χ4n) is 2.57. The summed E-state index contributed by atoms with van der Waals surface area (Å²) >= 11 is 0. The van der Waals surface area contributed by atoms with Crippen molar-refractivity contribution in [3.05, 3.63) is 0 Å². The van der Waals surface area contributed by atoms with Gasteiger partial charge in [-0.15, -0.1) is 0 Å². The van der Waals surface area contributed by atoms with Crippen molar-refractivity contribution in [2.45, 2.75) is 71.9 Å². The SMILES string of the molecule is CCN(CCNC1CCC(C)CC1)C(=O)OC(C)(C)C. The molecular formula is C16H32N2O2. The van der Waals surface area contributed by atoms with Gasteiger partial charge in [0, 0.05) is 25.7 Å². The van der Waals surface area contributed by atoms with E-state index in [1.54, 1.807) is 4.90 Å². The van der Waals surface area contributed by atoms with Gasteiger partial charge in [0.25, 0.3) is 0 Å². The Labute approximate surface area is 124 Å². The van der Waals surface area contributed by atoms with Crippen LogP contribution in [0.3, 0.4) is 0 Å². The highest BCUT2D eigenvalue weighted by Crippen LogP contribution is 2.23. The van der Waals surface area contributed by atoms with E-state index in [1.807, 2.05) is 27.7 Å². The third kappa shape index (κ3) is 6.60. The van der Waals surface area contributed by atoms with Crippen molar-refractivity contribution >= 4 is 6.09 Å². The van der Waals surface area contributed by atoms with Gasteiger partial charge in [-0.1, -0.05) is 6.92 Å². The number of nitrogens with zero attached hydrogens (tertiary/aromatic N) is 1. The van der Waals surface area contributed by atoms with E-state index in [-0.39, 0.29) is 6.09 Å². The van der Waals surface area contributed by atoms with Gasteiger partial charge in [-0.3, -0.25) is 0 Å². The van der Waals surface area contributed by atoms with Gasteiger partial charge in [0.1, 0.15) is 5.60 Å². The summed E-state index contributed by atoms with van der Waals surface area (Å²) in [6.45, 7) is 12.3. The van der Waals surface area contributed by atoms with Crippen molar-refractivity contribution in [3.8, 4) is 0 Å². The first-order chi connectivity index (χ1) is 9.31. The van der Waals surface area contributed by atoms with E-state index >= 15 is 0 Å². The second-order valence-electron chi connectivity index (χ2n) is 6.97. The van der Waals surface area contributed by atoms with Crippen LogP contribution in [-0.2, 0) is 4.74 Å². The molecule has 4 heteroatoms. The van der Waals surface area contributed by atoms with E-state index in [4.69, 9.17) is 4.74 Å². The molecule has 0 unspecified atom stereocenters. The van der Waals surface area contributed by atoms with Crippen molar-refractivity contribution < 1.29 is 9.53 Å². The summed E-state index contributed by atoms with van der Waals surface area (Å²) in [5.74, 6) is 0.877. The minimum absolute atomic E-state index is 0.209. The van der Waals surface area contributed by atoms with Crippen LogP contribution in [0.4, 0.5) is 4.79 Å². The molecule has 0 aromatic rings. The second kappa shape index (κ2) is 7.87. The summed E-state index contributed by atoms with van der Waals surface area (Å²) in [5.41, 5.74) is -0.419. The fraction of sp³-hybridized carbons (Fsp3) is 0.938. The molecule has 0 heterocycles. The van der Waals surface area contributed by atoms with E-state index in [2.05, 4.69) is 12.2 Å². The first-order valence-corrected chi connectivity index (χ1v) is 8.03. The zero-order chi connectivity index (χ0) is 15.2. The molecule has 0 aromatic heterocycles. The molecule has 0 aromatic carbocycles. The average molecular weight is 284 g/mol. The minimum atomic E-state index is -0.419. The van der Waals surface area contributed by atoms with Gasteiger partial charge >= 0.3 is 6.09 Å². The van der Waals surface area contributed by atoms with Crippen LogP contribution in [0.15, 0.2) is 0 Å². The molecule has 1 amide bonds. The van der Waals surface area contributed by atoms with Crippen molar-refractivity contribution in [1.29, 1.82) is 0 Å². The number of nitrogens with one attached hydrogen (secondary N) is 1. The standard InChI is InChI=1S/C16H32N2O2/c1-6-18(15(19)20-16(3,4)5)12-11-17-14-9-7-13(2)8-10-14/h13-14,17H,6-12H2,1-5H3. The zero-order valence-electron chi connectivity index (χ0n) is 13.9. The van der Waals surface area contributed by atoms with Gasteiger partial charge in [0.2, 0.25) is 0 Å². The Morgan fingerprint density at radius 1 is 1.25 bits per heavy atom. The molecule has 1 N–H and O–H groups in total. The highest BCUT2D eigenvalue weighted by atomic mass is 16.6. The molecule has 0 atom stereocenters. The lowest BCUT2D eigenvalue weighted by molar-refractivity contribution is 0.0260. The fourth-order valence-corrected chi connectivity index (χ4v) is 2.57. The van der Waals surface area contributed by atoms with E-state index < -0.39 is 5.60 Å². The average Bonchev–Trinajstić information content (AvgIpc) is 2.34. The Morgan fingerprint density at radius 2 is 1.85 bits per heavy atom. The molecule has 1 fully saturated rings. The molecule has 0 aliphatic heterocycles. The zero-order valence-corrected chi connectivity index (χ0v) is 13.9. The number of carbonyl (C=O) groups is 1. The van der Waals surface area contributed by atoms with Gasteiger partial charge in [0.15, 0.2) is 0 Å². The Morgan fingerprint density at radius 3 is 2.35 bits per heavy atom. The maximum Gasteiger partial charge on any atom is 0.410 e. The lowest BCUT2D eigenvalue weighted by Gasteiger charge is -2.29. The Bertz CT molecular complexity index is 291. The largest absolute Gasteiger partial charge is 0.444 e. The highest BCUT2D eigenvalue weighted by Gasteiger charge is 2.21. The Balaban J connectivity index is 2.25. The van der Waals surface area contributed by atoms with Crippen LogP contribution in [0, 0.1) is 5.92 Å². The van der Waals surface area contributed by atoms with Crippen LogP contribution < -0.4 is 5.32 Å². The van der Waals surface area contributed by atoms with Gasteiger partial charge in [-0.05, 0) is 59.3 Å². The number of ether oxygens (including phenoxy) is 1.